The first-order chi connectivity index (χ1) is 30.8. The van der Waals surface area contributed by atoms with Crippen LogP contribution in [-0.2, 0) is 5.41 Å². The number of hydrogen-bond donors (Lipinski definition) is 0. The minimum absolute atomic E-state index is 0.110. The maximum atomic E-state index is 2.38. The van der Waals surface area contributed by atoms with Crippen LogP contribution in [-0.4, -0.2) is 14.1 Å². The molecule has 2 heterocycles. The second kappa shape index (κ2) is 15.3. The average Bonchev–Trinajstić information content (AvgIpc) is 3.40. The molecule has 11 rings (SSSR count). The van der Waals surface area contributed by atoms with Crippen LogP contribution >= 0.6 is 0 Å². The number of nitrogens with zero attached hydrogens (tertiary/aromatic N) is 2. The Morgan fingerprint density at radius 1 is 0.333 bits per heavy atom. The Morgan fingerprint density at radius 3 is 1.11 bits per heavy atom. The van der Waals surface area contributed by atoms with Crippen molar-refractivity contribution in [2.24, 2.45) is 0 Å². The molecule has 63 heavy (non-hydrogen) atoms. The maximum Gasteiger partial charge on any atom is 0.0488 e. The Labute approximate surface area is 371 Å². The predicted molar refractivity (Wildman–Crippen MR) is 272 cm³/mol. The molecule has 2 aliphatic heterocycles. The van der Waals surface area contributed by atoms with E-state index in [4.69, 9.17) is 0 Å². The van der Waals surface area contributed by atoms with Crippen molar-refractivity contribution in [2.45, 2.75) is 19.3 Å². The van der Waals surface area contributed by atoms with E-state index in [0.29, 0.717) is 0 Å². The molecule has 8 aromatic carbocycles. The van der Waals surface area contributed by atoms with Crippen molar-refractivity contribution in [3.63, 3.8) is 0 Å². The van der Waals surface area contributed by atoms with Crippen LogP contribution in [0.3, 0.4) is 0 Å². The van der Waals surface area contributed by atoms with Crippen LogP contribution < -0.4 is 9.80 Å². The summed E-state index contributed by atoms with van der Waals surface area (Å²) >= 11 is 0. The van der Waals surface area contributed by atoms with E-state index in [-0.39, 0.29) is 5.41 Å². The molecule has 2 nitrogen and oxygen atoms in total. The Kier molecular flexibility index (Phi) is 9.32. The van der Waals surface area contributed by atoms with E-state index in [1.54, 1.807) is 0 Å². The van der Waals surface area contributed by atoms with E-state index in [2.05, 4.69) is 256 Å². The quantitative estimate of drug-likeness (QED) is 0.154. The van der Waals surface area contributed by atoms with Crippen LogP contribution in [0.15, 0.2) is 170 Å². The van der Waals surface area contributed by atoms with Crippen molar-refractivity contribution in [2.75, 3.05) is 23.9 Å². The van der Waals surface area contributed by atoms with Gasteiger partial charge >= 0.3 is 0 Å². The molecule has 0 fully saturated rings. The number of benzene rings is 8. The summed E-state index contributed by atoms with van der Waals surface area (Å²) in [5.74, 6) is 0. The molecule has 0 saturated heterocycles. The third kappa shape index (κ3) is 6.95. The molecule has 0 N–H and O–H groups in total. The molecule has 302 valence electrons. The molecule has 0 saturated carbocycles. The first-order valence-corrected chi connectivity index (χ1v) is 21.9. The van der Waals surface area contributed by atoms with E-state index >= 15 is 0 Å². The van der Waals surface area contributed by atoms with Gasteiger partial charge in [0.2, 0.25) is 0 Å². The van der Waals surface area contributed by atoms with E-state index in [0.717, 1.165) is 0 Å². The van der Waals surface area contributed by atoms with Gasteiger partial charge < -0.3 is 9.80 Å². The number of anilines is 4. The zero-order chi connectivity index (χ0) is 42.7. The predicted octanol–water partition coefficient (Wildman–Crippen LogP) is 16.2. The summed E-state index contributed by atoms with van der Waals surface area (Å²) < 4.78 is 0. The van der Waals surface area contributed by atoms with Gasteiger partial charge in [-0.05, 0) is 113 Å². The molecule has 8 aromatic rings. The topological polar surface area (TPSA) is 6.48 Å². The van der Waals surface area contributed by atoms with Crippen LogP contribution in [0, 0.1) is 0 Å². The molecule has 0 spiro atoms. The fourth-order valence-corrected chi connectivity index (χ4v) is 9.73. The van der Waals surface area contributed by atoms with Gasteiger partial charge in [-0.1, -0.05) is 208 Å². The van der Waals surface area contributed by atoms with E-state index in [9.17, 15) is 0 Å². The van der Waals surface area contributed by atoms with Gasteiger partial charge in [-0.3, -0.25) is 0 Å². The molecule has 0 aromatic heterocycles. The summed E-state index contributed by atoms with van der Waals surface area (Å²) in [7, 11) is 4.32. The van der Waals surface area contributed by atoms with Crippen LogP contribution in [0.5, 0.6) is 0 Å². The maximum absolute atomic E-state index is 2.38. The molecule has 1 aliphatic carbocycles. The molecule has 0 radical (unpaired) electrons. The zero-order valence-corrected chi connectivity index (χ0v) is 36.2. The van der Waals surface area contributed by atoms with Gasteiger partial charge in [0.05, 0.1) is 0 Å². The molecule has 2 heteroatoms. The highest BCUT2D eigenvalue weighted by atomic mass is 15.1. The summed E-state index contributed by atoms with van der Waals surface area (Å²) in [5.41, 5.74) is 24.7. The van der Waals surface area contributed by atoms with Crippen LogP contribution in [0.1, 0.15) is 69.5 Å². The molecule has 3 aliphatic rings. The second-order valence-corrected chi connectivity index (χ2v) is 17.6. The fraction of sp³-hybridized carbons (Fsp3) is 0.0820. The highest BCUT2D eigenvalue weighted by Crippen LogP contribution is 2.49. The Hall–Kier alpha value is -7.68. The van der Waals surface area contributed by atoms with Crippen molar-refractivity contribution >= 4 is 71.4 Å². The Bertz CT molecular complexity index is 2990. The highest BCUT2D eigenvalue weighted by Gasteiger charge is 2.35. The molecule has 0 bridgehead atoms. The average molecular weight is 809 g/mol. The van der Waals surface area contributed by atoms with Crippen LogP contribution in [0.25, 0.3) is 82.0 Å². The minimum atomic E-state index is -0.110. The SMILES string of the molecule is CN1c2ccccc2C=Cc2ccc(-c3ccc(C=Cc4ccc5c(c4)C(C)(C)c4cc(C=Cc6ccc(-c7ccc8c(c7)N(C)c7ccccc7C=C8)cc6)ccc4-5)cc3)cc21. The van der Waals surface area contributed by atoms with Crippen molar-refractivity contribution in [3.05, 3.63) is 225 Å². The van der Waals surface area contributed by atoms with E-state index in [1.807, 2.05) is 0 Å². The van der Waals surface area contributed by atoms with Crippen molar-refractivity contribution in [3.8, 4) is 33.4 Å². The lowest BCUT2D eigenvalue weighted by Crippen LogP contribution is -2.15. The van der Waals surface area contributed by atoms with E-state index < -0.39 is 0 Å². The van der Waals surface area contributed by atoms with Gasteiger partial charge in [0.1, 0.15) is 0 Å². The molecule has 0 amide bonds. The van der Waals surface area contributed by atoms with Crippen molar-refractivity contribution in [1.82, 2.24) is 0 Å². The van der Waals surface area contributed by atoms with Gasteiger partial charge in [-0.2, -0.15) is 0 Å². The standard InChI is InChI=1S/C61H48N2/c1-61(2)55-37-43(15-13-41-17-23-45(24-18-41)51-33-31-49-29-27-47-9-5-7-11-57(47)62(3)59(49)39-51)21-35-53(55)54-36-22-44(38-56(54)61)16-14-42-19-25-46(26-20-42)52-34-32-50-30-28-48-10-6-8-12-58(48)63(4)60(50)40-52/h5-40H,1-4H3. The zero-order valence-electron chi connectivity index (χ0n) is 36.2. The monoisotopic (exact) mass is 808 g/mol. The third-order valence-electron chi connectivity index (χ3n) is 13.4. The highest BCUT2D eigenvalue weighted by molar-refractivity contribution is 5.92. The molecule has 0 atom stereocenters. The molecular weight excluding hydrogens is 761 g/mol. The van der Waals surface area contributed by atoms with Gasteiger partial charge in [-0.15, -0.1) is 0 Å². The summed E-state index contributed by atoms with van der Waals surface area (Å²) in [6.45, 7) is 4.72. The van der Waals surface area contributed by atoms with Gasteiger partial charge in [0.15, 0.2) is 0 Å². The first-order valence-electron chi connectivity index (χ1n) is 21.9. The molecular formula is C61H48N2. The summed E-state index contributed by atoms with van der Waals surface area (Å²) in [6, 6.07) is 62.4. The van der Waals surface area contributed by atoms with Gasteiger partial charge in [0, 0.05) is 42.3 Å². The number of fused-ring (bicyclic) bond motifs is 7. The minimum Gasteiger partial charge on any atom is -0.344 e. The largest absolute Gasteiger partial charge is 0.344 e. The van der Waals surface area contributed by atoms with Crippen molar-refractivity contribution < 1.29 is 0 Å². The summed E-state index contributed by atoms with van der Waals surface area (Å²) in [5, 5.41) is 0. The first kappa shape index (κ1) is 38.3. The Balaban J connectivity index is 0.774. The molecule has 0 unspecified atom stereocenters. The third-order valence-corrected chi connectivity index (χ3v) is 13.4. The Morgan fingerprint density at radius 2 is 0.683 bits per heavy atom. The van der Waals surface area contributed by atoms with Gasteiger partial charge in [0.25, 0.3) is 0 Å². The fourth-order valence-electron chi connectivity index (χ4n) is 9.73. The lowest BCUT2D eigenvalue weighted by atomic mass is 9.81. The lowest BCUT2D eigenvalue weighted by molar-refractivity contribution is 0.660. The van der Waals surface area contributed by atoms with Crippen molar-refractivity contribution in [1.29, 1.82) is 0 Å². The van der Waals surface area contributed by atoms with E-state index in [1.165, 1.54) is 112 Å². The van der Waals surface area contributed by atoms with Crippen LogP contribution in [0.4, 0.5) is 22.7 Å². The van der Waals surface area contributed by atoms with Gasteiger partial charge in [-0.25, -0.2) is 0 Å². The second-order valence-electron chi connectivity index (χ2n) is 17.6. The lowest BCUT2D eigenvalue weighted by Gasteiger charge is -2.22. The number of hydrogen-bond acceptors (Lipinski definition) is 2. The smallest absolute Gasteiger partial charge is 0.0488 e. The normalized spacial score (nSPS) is 14.2. The summed E-state index contributed by atoms with van der Waals surface area (Å²) in [4.78, 5) is 4.60. The summed E-state index contributed by atoms with van der Waals surface area (Å²) in [6.07, 6.45) is 17.8. The number of rotatable bonds is 6. The van der Waals surface area contributed by atoms with Crippen LogP contribution in [0.2, 0.25) is 0 Å². The number of para-hydroxylation sites is 2.